The van der Waals surface area contributed by atoms with Gasteiger partial charge in [-0.3, -0.25) is 4.98 Å². The molecular weight excluding hydrogens is 184 g/mol. The molecule has 0 amide bonds. The standard InChI is InChI=1S/C9H14N2OS/c12-6-9(1-2-10-5-9)3-8-4-11-7-13-8/h4,7,10,12H,1-3,5-6H2. The maximum atomic E-state index is 9.36. The van der Waals surface area contributed by atoms with Crippen LogP contribution in [0, 0.1) is 5.41 Å². The van der Waals surface area contributed by atoms with E-state index in [-0.39, 0.29) is 12.0 Å². The lowest BCUT2D eigenvalue weighted by atomic mass is 9.84. The van der Waals surface area contributed by atoms with Crippen LogP contribution < -0.4 is 5.32 Å². The quantitative estimate of drug-likeness (QED) is 0.750. The maximum absolute atomic E-state index is 9.36. The Kier molecular flexibility index (Phi) is 2.62. The number of thiazole rings is 1. The minimum absolute atomic E-state index is 0.0759. The lowest BCUT2D eigenvalue weighted by Crippen LogP contribution is -2.30. The molecule has 0 bridgehead atoms. The monoisotopic (exact) mass is 198 g/mol. The third-order valence-corrected chi connectivity index (χ3v) is 3.48. The van der Waals surface area contributed by atoms with E-state index in [1.165, 1.54) is 4.88 Å². The number of nitrogens with one attached hydrogen (secondary N) is 1. The SMILES string of the molecule is OCC1(Cc2cncs2)CCNC1. The van der Waals surface area contributed by atoms with Crippen LogP contribution in [-0.2, 0) is 6.42 Å². The Hall–Kier alpha value is -0.450. The predicted molar refractivity (Wildman–Crippen MR) is 52.8 cm³/mol. The molecule has 0 radical (unpaired) electrons. The highest BCUT2D eigenvalue weighted by Gasteiger charge is 2.33. The summed E-state index contributed by atoms with van der Waals surface area (Å²) in [5.41, 5.74) is 1.93. The van der Waals surface area contributed by atoms with E-state index in [2.05, 4.69) is 10.3 Å². The fourth-order valence-electron chi connectivity index (χ4n) is 1.84. The van der Waals surface area contributed by atoms with Crippen molar-refractivity contribution in [2.24, 2.45) is 5.41 Å². The van der Waals surface area contributed by atoms with Gasteiger partial charge in [-0.25, -0.2) is 0 Å². The molecule has 0 aromatic carbocycles. The number of hydrogen-bond acceptors (Lipinski definition) is 4. The second kappa shape index (κ2) is 3.74. The molecule has 1 aliphatic rings. The van der Waals surface area contributed by atoms with Crippen LogP contribution in [0.25, 0.3) is 0 Å². The Bertz CT molecular complexity index is 255. The van der Waals surface area contributed by atoms with Gasteiger partial charge in [0.25, 0.3) is 0 Å². The largest absolute Gasteiger partial charge is 0.396 e. The zero-order valence-electron chi connectivity index (χ0n) is 7.49. The van der Waals surface area contributed by atoms with Crippen molar-refractivity contribution >= 4 is 11.3 Å². The third-order valence-electron chi connectivity index (χ3n) is 2.70. The topological polar surface area (TPSA) is 45.2 Å². The first-order chi connectivity index (χ1) is 6.35. The van der Waals surface area contributed by atoms with E-state index < -0.39 is 0 Å². The molecule has 13 heavy (non-hydrogen) atoms. The molecule has 0 aliphatic carbocycles. The molecule has 1 saturated heterocycles. The maximum Gasteiger partial charge on any atom is 0.0794 e. The summed E-state index contributed by atoms with van der Waals surface area (Å²) < 4.78 is 0. The average Bonchev–Trinajstić information content (AvgIpc) is 2.77. The van der Waals surface area contributed by atoms with Crippen LogP contribution in [0.3, 0.4) is 0 Å². The van der Waals surface area contributed by atoms with Gasteiger partial charge >= 0.3 is 0 Å². The third kappa shape index (κ3) is 1.90. The van der Waals surface area contributed by atoms with Gasteiger partial charge in [0, 0.05) is 23.0 Å². The van der Waals surface area contributed by atoms with Crippen LogP contribution in [0.4, 0.5) is 0 Å². The summed E-state index contributed by atoms with van der Waals surface area (Å²) in [6.07, 6.45) is 3.93. The van der Waals surface area contributed by atoms with Crippen molar-refractivity contribution < 1.29 is 5.11 Å². The first-order valence-electron chi connectivity index (χ1n) is 4.54. The summed E-state index contributed by atoms with van der Waals surface area (Å²) in [6, 6.07) is 0. The molecule has 0 spiro atoms. The Morgan fingerprint density at radius 2 is 2.62 bits per heavy atom. The van der Waals surface area contributed by atoms with Crippen molar-refractivity contribution in [1.29, 1.82) is 0 Å². The molecule has 1 unspecified atom stereocenters. The molecule has 2 heterocycles. The van der Waals surface area contributed by atoms with Gasteiger partial charge in [0.1, 0.15) is 0 Å². The second-order valence-electron chi connectivity index (χ2n) is 3.73. The van der Waals surface area contributed by atoms with Gasteiger partial charge in [-0.2, -0.15) is 0 Å². The van der Waals surface area contributed by atoms with Crippen LogP contribution >= 0.6 is 11.3 Å². The van der Waals surface area contributed by atoms with Crippen LogP contribution in [0.1, 0.15) is 11.3 Å². The van der Waals surface area contributed by atoms with Crippen molar-refractivity contribution in [3.63, 3.8) is 0 Å². The van der Waals surface area contributed by atoms with E-state index in [0.29, 0.717) is 0 Å². The number of nitrogens with zero attached hydrogens (tertiary/aromatic N) is 1. The van der Waals surface area contributed by atoms with Gasteiger partial charge < -0.3 is 10.4 Å². The summed E-state index contributed by atoms with van der Waals surface area (Å²) >= 11 is 1.67. The molecule has 3 nitrogen and oxygen atoms in total. The molecule has 1 aromatic rings. The first-order valence-corrected chi connectivity index (χ1v) is 5.42. The highest BCUT2D eigenvalue weighted by atomic mass is 32.1. The zero-order chi connectivity index (χ0) is 9.15. The van der Waals surface area contributed by atoms with E-state index in [1.54, 1.807) is 11.3 Å². The number of aliphatic hydroxyl groups excluding tert-OH is 1. The summed E-state index contributed by atoms with van der Waals surface area (Å²) in [4.78, 5) is 5.32. The van der Waals surface area contributed by atoms with Crippen molar-refractivity contribution in [3.8, 4) is 0 Å². The molecule has 72 valence electrons. The van der Waals surface area contributed by atoms with Gasteiger partial charge in [-0.1, -0.05) is 0 Å². The Morgan fingerprint density at radius 3 is 3.15 bits per heavy atom. The zero-order valence-corrected chi connectivity index (χ0v) is 8.31. The minimum atomic E-state index is 0.0759. The summed E-state index contributed by atoms with van der Waals surface area (Å²) in [7, 11) is 0. The molecule has 2 N–H and O–H groups in total. The lowest BCUT2D eigenvalue weighted by molar-refractivity contribution is 0.143. The summed E-state index contributed by atoms with van der Waals surface area (Å²) in [6.45, 7) is 2.23. The van der Waals surface area contributed by atoms with Crippen LogP contribution in [-0.4, -0.2) is 29.8 Å². The van der Waals surface area contributed by atoms with Gasteiger partial charge in [0.05, 0.1) is 12.1 Å². The van der Waals surface area contributed by atoms with Crippen molar-refractivity contribution in [3.05, 3.63) is 16.6 Å². The minimum Gasteiger partial charge on any atom is -0.396 e. The smallest absolute Gasteiger partial charge is 0.0794 e. The van der Waals surface area contributed by atoms with Gasteiger partial charge in [0.2, 0.25) is 0 Å². The Labute approximate surface area is 81.8 Å². The molecule has 1 atom stereocenters. The van der Waals surface area contributed by atoms with Gasteiger partial charge in [-0.15, -0.1) is 11.3 Å². The molecule has 1 aromatic heterocycles. The molecule has 4 heteroatoms. The van der Waals surface area contributed by atoms with Crippen LogP contribution in [0.15, 0.2) is 11.7 Å². The second-order valence-corrected chi connectivity index (χ2v) is 4.70. The van der Waals surface area contributed by atoms with E-state index in [4.69, 9.17) is 0 Å². The van der Waals surface area contributed by atoms with E-state index in [1.807, 2.05) is 11.7 Å². The number of rotatable bonds is 3. The molecule has 2 rings (SSSR count). The van der Waals surface area contributed by atoms with E-state index in [9.17, 15) is 5.11 Å². The molecule has 0 saturated carbocycles. The number of hydrogen-bond donors (Lipinski definition) is 2. The fourth-order valence-corrected chi connectivity index (χ4v) is 2.60. The fraction of sp³-hybridized carbons (Fsp3) is 0.667. The van der Waals surface area contributed by atoms with Crippen molar-refractivity contribution in [2.75, 3.05) is 19.7 Å². The van der Waals surface area contributed by atoms with Crippen molar-refractivity contribution in [2.45, 2.75) is 12.8 Å². The lowest BCUT2D eigenvalue weighted by Gasteiger charge is -2.24. The van der Waals surface area contributed by atoms with Crippen LogP contribution in [0.2, 0.25) is 0 Å². The highest BCUT2D eigenvalue weighted by Crippen LogP contribution is 2.30. The van der Waals surface area contributed by atoms with E-state index >= 15 is 0 Å². The van der Waals surface area contributed by atoms with Crippen molar-refractivity contribution in [1.82, 2.24) is 10.3 Å². The normalized spacial score (nSPS) is 28.1. The van der Waals surface area contributed by atoms with Gasteiger partial charge in [-0.05, 0) is 19.4 Å². The molecule has 1 fully saturated rings. The summed E-state index contributed by atoms with van der Waals surface area (Å²) in [5, 5.41) is 12.7. The average molecular weight is 198 g/mol. The van der Waals surface area contributed by atoms with E-state index in [0.717, 1.165) is 25.9 Å². The highest BCUT2D eigenvalue weighted by molar-refractivity contribution is 7.09. The van der Waals surface area contributed by atoms with Crippen LogP contribution in [0.5, 0.6) is 0 Å². The summed E-state index contributed by atoms with van der Waals surface area (Å²) in [5.74, 6) is 0. The number of aliphatic hydroxyl groups is 1. The molecule has 1 aliphatic heterocycles. The molecular formula is C9H14N2OS. The Morgan fingerprint density at radius 1 is 1.69 bits per heavy atom. The first kappa shape index (κ1) is 9.12. The Balaban J connectivity index is 2.06. The number of aromatic nitrogens is 1. The predicted octanol–water partition coefficient (Wildman–Crippen LogP) is 0.658. The van der Waals surface area contributed by atoms with Gasteiger partial charge in [0.15, 0.2) is 0 Å².